The zero-order chi connectivity index (χ0) is 22.4. The Morgan fingerprint density at radius 1 is 0.968 bits per heavy atom. The number of hydrogen-bond donors (Lipinski definition) is 0. The number of carbonyl (C=O) groups is 2. The molecule has 0 saturated carbocycles. The molecule has 0 N–H and O–H groups in total. The molecule has 31 heavy (non-hydrogen) atoms. The van der Waals surface area contributed by atoms with Crippen LogP contribution in [0.3, 0.4) is 0 Å². The Morgan fingerprint density at radius 3 is 2.10 bits per heavy atom. The fraction of sp³-hybridized carbons (Fsp3) is 0.238. The zero-order valence-corrected chi connectivity index (χ0v) is 16.4. The summed E-state index contributed by atoms with van der Waals surface area (Å²) >= 11 is 0. The highest BCUT2D eigenvalue weighted by Crippen LogP contribution is 2.32. The van der Waals surface area contributed by atoms with Crippen molar-refractivity contribution in [1.29, 1.82) is 0 Å². The minimum Gasteiger partial charge on any atom is -0.486 e. The lowest BCUT2D eigenvalue weighted by Gasteiger charge is -2.27. The predicted molar refractivity (Wildman–Crippen MR) is 102 cm³/mol. The summed E-state index contributed by atoms with van der Waals surface area (Å²) in [6, 6.07) is 13.5. The highest BCUT2D eigenvalue weighted by Gasteiger charge is 2.30. The van der Waals surface area contributed by atoms with Crippen LogP contribution in [0.2, 0.25) is 0 Å². The summed E-state index contributed by atoms with van der Waals surface area (Å²) in [6.45, 7) is 0.223. The second kappa shape index (κ2) is 9.63. The predicted octanol–water partition coefficient (Wildman–Crippen LogP) is 3.85. The van der Waals surface area contributed by atoms with Crippen molar-refractivity contribution in [2.75, 3.05) is 13.6 Å². The molecule has 2 aromatic rings. The lowest BCUT2D eigenvalue weighted by atomic mass is 10.1. The summed E-state index contributed by atoms with van der Waals surface area (Å²) in [5.41, 5.74) is 0.0246. The van der Waals surface area contributed by atoms with Crippen molar-refractivity contribution in [3.05, 3.63) is 77.9 Å². The first-order chi connectivity index (χ1) is 14.7. The molecule has 0 aliphatic carbocycles. The van der Waals surface area contributed by atoms with Gasteiger partial charge in [-0.2, -0.15) is 18.2 Å². The van der Waals surface area contributed by atoms with Crippen LogP contribution in [0, 0.1) is 0 Å². The number of benzene rings is 2. The minimum absolute atomic E-state index is 0.223. The van der Waals surface area contributed by atoms with Gasteiger partial charge in [0.1, 0.15) is 17.2 Å². The Morgan fingerprint density at radius 2 is 1.55 bits per heavy atom. The van der Waals surface area contributed by atoms with E-state index in [1.54, 1.807) is 0 Å². The molecule has 164 valence electrons. The molecule has 7 nitrogen and oxygen atoms in total. The van der Waals surface area contributed by atoms with Gasteiger partial charge in [-0.25, -0.2) is 9.59 Å². The fourth-order valence-corrected chi connectivity index (χ4v) is 2.74. The van der Waals surface area contributed by atoms with Gasteiger partial charge in [-0.05, 0) is 29.8 Å². The maximum absolute atomic E-state index is 12.8. The van der Waals surface area contributed by atoms with E-state index < -0.39 is 29.8 Å². The summed E-state index contributed by atoms with van der Waals surface area (Å²) in [5, 5.41) is 2.03. The van der Waals surface area contributed by atoms with E-state index in [1.165, 1.54) is 24.2 Å². The van der Waals surface area contributed by atoms with Gasteiger partial charge in [0.15, 0.2) is 0 Å². The van der Waals surface area contributed by atoms with E-state index in [0.717, 1.165) is 29.8 Å². The number of carbonyl (C=O) groups excluding carboxylic acids is 2. The van der Waals surface area contributed by atoms with Crippen molar-refractivity contribution >= 4 is 11.9 Å². The van der Waals surface area contributed by atoms with Crippen LogP contribution >= 0.6 is 0 Å². The van der Waals surface area contributed by atoms with Crippen LogP contribution in [0.1, 0.15) is 23.7 Å². The van der Waals surface area contributed by atoms with Crippen LogP contribution in [0.15, 0.2) is 66.7 Å². The summed E-state index contributed by atoms with van der Waals surface area (Å²) in [7, 11) is 1.53. The van der Waals surface area contributed by atoms with Crippen LogP contribution in [0.4, 0.5) is 13.2 Å². The molecule has 0 spiro atoms. The summed E-state index contributed by atoms with van der Waals surface area (Å²) in [4.78, 5) is 32.8. The molecule has 0 amide bonds. The number of ether oxygens (including phenoxy) is 1. The van der Waals surface area contributed by atoms with Gasteiger partial charge in [-0.15, -0.1) is 0 Å². The standard InChI is InChI=1S/C21H19F3N2O5/c1-25(26-30-19(27)11-12-20(28)31-26)14-13-18(15-5-3-2-4-6-15)29-17-9-7-16(8-10-17)21(22,23)24/h2-12,18H,13-14H2,1H3. The average molecular weight is 436 g/mol. The molecule has 1 unspecified atom stereocenters. The fourth-order valence-electron chi connectivity index (χ4n) is 2.74. The third-order valence-corrected chi connectivity index (χ3v) is 4.32. The zero-order valence-electron chi connectivity index (χ0n) is 16.4. The molecule has 2 aromatic carbocycles. The van der Waals surface area contributed by atoms with Gasteiger partial charge < -0.3 is 14.4 Å². The lowest BCUT2D eigenvalue weighted by molar-refractivity contribution is -0.407. The first-order valence-electron chi connectivity index (χ1n) is 9.24. The van der Waals surface area contributed by atoms with E-state index in [4.69, 9.17) is 14.4 Å². The molecule has 0 fully saturated rings. The molecule has 10 heteroatoms. The van der Waals surface area contributed by atoms with Crippen molar-refractivity contribution in [3.63, 3.8) is 0 Å². The molecular weight excluding hydrogens is 417 g/mol. The highest BCUT2D eigenvalue weighted by molar-refractivity contribution is 5.92. The van der Waals surface area contributed by atoms with Gasteiger partial charge in [0.25, 0.3) is 0 Å². The maximum Gasteiger partial charge on any atom is 0.416 e. The third-order valence-electron chi connectivity index (χ3n) is 4.32. The molecule has 0 bridgehead atoms. The monoisotopic (exact) mass is 436 g/mol. The van der Waals surface area contributed by atoms with E-state index in [-0.39, 0.29) is 12.3 Å². The Labute approximate surface area is 176 Å². The second-order valence-electron chi connectivity index (χ2n) is 6.60. The Balaban J connectivity index is 1.70. The molecule has 0 aromatic heterocycles. The van der Waals surface area contributed by atoms with Crippen molar-refractivity contribution < 1.29 is 37.2 Å². The maximum atomic E-state index is 12.8. The molecular formula is C21H19F3N2O5. The summed E-state index contributed by atoms with van der Waals surface area (Å²) in [5.74, 6) is -1.29. The van der Waals surface area contributed by atoms with Crippen LogP contribution < -0.4 is 4.74 Å². The minimum atomic E-state index is -4.43. The summed E-state index contributed by atoms with van der Waals surface area (Å²) in [6.07, 6.45) is -2.75. The van der Waals surface area contributed by atoms with Crippen molar-refractivity contribution in [2.45, 2.75) is 18.7 Å². The molecule has 0 radical (unpaired) electrons. The highest BCUT2D eigenvalue weighted by atomic mass is 19.4. The van der Waals surface area contributed by atoms with Crippen molar-refractivity contribution in [2.24, 2.45) is 0 Å². The summed E-state index contributed by atoms with van der Waals surface area (Å²) < 4.78 is 44.3. The Hall–Kier alpha value is -3.37. The topological polar surface area (TPSA) is 68.3 Å². The van der Waals surface area contributed by atoms with Crippen LogP contribution in [-0.4, -0.2) is 35.9 Å². The van der Waals surface area contributed by atoms with Gasteiger partial charge in [-0.3, -0.25) is 0 Å². The first kappa shape index (κ1) is 22.3. The number of halogens is 3. The smallest absolute Gasteiger partial charge is 0.416 e. The van der Waals surface area contributed by atoms with Crippen LogP contribution in [0.5, 0.6) is 5.75 Å². The number of nitrogens with zero attached hydrogens (tertiary/aromatic N) is 2. The number of alkyl halides is 3. The van der Waals surface area contributed by atoms with E-state index in [2.05, 4.69) is 0 Å². The van der Waals surface area contributed by atoms with Gasteiger partial charge in [0.05, 0.1) is 5.56 Å². The average Bonchev–Trinajstić information content (AvgIpc) is 2.92. The molecule has 1 aliphatic rings. The van der Waals surface area contributed by atoms with E-state index in [0.29, 0.717) is 11.8 Å². The van der Waals surface area contributed by atoms with Crippen LogP contribution in [0.25, 0.3) is 0 Å². The molecule has 1 heterocycles. The Kier molecular flexibility index (Phi) is 6.93. The van der Waals surface area contributed by atoms with Crippen molar-refractivity contribution in [1.82, 2.24) is 10.3 Å². The second-order valence-corrected chi connectivity index (χ2v) is 6.60. The Bertz CT molecular complexity index is 912. The molecule has 3 rings (SSSR count). The third kappa shape index (κ3) is 6.30. The first-order valence-corrected chi connectivity index (χ1v) is 9.24. The lowest BCUT2D eigenvalue weighted by Crippen LogP contribution is -2.42. The van der Waals surface area contributed by atoms with E-state index in [9.17, 15) is 22.8 Å². The number of rotatable bonds is 7. The largest absolute Gasteiger partial charge is 0.486 e. The van der Waals surface area contributed by atoms with Gasteiger partial charge in [0.2, 0.25) is 0 Å². The molecule has 0 saturated heterocycles. The van der Waals surface area contributed by atoms with Gasteiger partial charge in [0, 0.05) is 32.2 Å². The van der Waals surface area contributed by atoms with E-state index >= 15 is 0 Å². The normalized spacial score (nSPS) is 15.9. The quantitative estimate of drug-likeness (QED) is 0.653. The van der Waals surface area contributed by atoms with Gasteiger partial charge in [-0.1, -0.05) is 30.3 Å². The number of hydrazine groups is 1. The molecule has 1 aliphatic heterocycles. The van der Waals surface area contributed by atoms with E-state index in [1.807, 2.05) is 30.3 Å². The SMILES string of the molecule is CN(CCC(Oc1ccc(C(F)(F)F)cc1)c1ccccc1)N1OC(=O)C=CC(=O)O1. The van der Waals surface area contributed by atoms with Gasteiger partial charge >= 0.3 is 18.1 Å². The van der Waals surface area contributed by atoms with Crippen LogP contribution in [-0.2, 0) is 25.4 Å². The van der Waals surface area contributed by atoms with Crippen molar-refractivity contribution in [3.8, 4) is 5.75 Å². The molecule has 1 atom stereocenters. The number of hydrogen-bond acceptors (Lipinski definition) is 7.